The van der Waals surface area contributed by atoms with Crippen LogP contribution < -0.4 is 15.6 Å². The fourth-order valence-electron chi connectivity index (χ4n) is 2.41. The van der Waals surface area contributed by atoms with Gasteiger partial charge in [-0.2, -0.15) is 0 Å². The lowest BCUT2D eigenvalue weighted by Crippen LogP contribution is -2.32. The molecule has 0 radical (unpaired) electrons. The van der Waals surface area contributed by atoms with Crippen molar-refractivity contribution in [1.29, 1.82) is 0 Å². The lowest BCUT2D eigenvalue weighted by atomic mass is 10.2. The van der Waals surface area contributed by atoms with Crippen LogP contribution in [0.4, 0.5) is 0 Å². The van der Waals surface area contributed by atoms with Gasteiger partial charge in [0.05, 0.1) is 6.61 Å². The Kier molecular flexibility index (Phi) is 8.61. The number of hydrogen-bond acceptors (Lipinski definition) is 6. The predicted molar refractivity (Wildman–Crippen MR) is 106 cm³/mol. The molecule has 8 heteroatoms. The van der Waals surface area contributed by atoms with Crippen LogP contribution in [0.2, 0.25) is 0 Å². The maximum atomic E-state index is 12.2. The number of nitrogens with one attached hydrogen (secondary N) is 2. The topological polar surface area (TPSA) is 106 Å². The van der Waals surface area contributed by atoms with Crippen molar-refractivity contribution in [2.45, 2.75) is 46.1 Å². The minimum atomic E-state index is -0.335. The highest BCUT2D eigenvalue weighted by atomic mass is 16.5. The summed E-state index contributed by atoms with van der Waals surface area (Å²) in [5.41, 5.74) is 0.639. The van der Waals surface area contributed by atoms with Crippen LogP contribution in [0.25, 0.3) is 11.4 Å². The van der Waals surface area contributed by atoms with E-state index in [1.807, 2.05) is 20.8 Å². The van der Waals surface area contributed by atoms with Gasteiger partial charge in [0, 0.05) is 31.1 Å². The summed E-state index contributed by atoms with van der Waals surface area (Å²) >= 11 is 0. The molecule has 0 aliphatic heterocycles. The lowest BCUT2D eigenvalue weighted by Gasteiger charge is -2.10. The highest BCUT2D eigenvalue weighted by Crippen LogP contribution is 2.18. The minimum Gasteiger partial charge on any atom is -0.491 e. The maximum absolute atomic E-state index is 12.2. The van der Waals surface area contributed by atoms with Gasteiger partial charge >= 0.3 is 0 Å². The Hall–Kier alpha value is -2.74. The van der Waals surface area contributed by atoms with E-state index in [4.69, 9.17) is 9.47 Å². The Balaban J connectivity index is 1.94. The molecule has 1 amide bonds. The molecule has 1 aromatic heterocycles. The first-order valence-corrected chi connectivity index (χ1v) is 9.59. The molecule has 2 rings (SSSR count). The Bertz CT molecular complexity index is 805. The van der Waals surface area contributed by atoms with E-state index < -0.39 is 0 Å². The molecule has 152 valence electrons. The zero-order valence-corrected chi connectivity index (χ0v) is 16.7. The smallest absolute Gasteiger partial charge is 0.273 e. The first-order chi connectivity index (χ1) is 13.5. The van der Waals surface area contributed by atoms with Gasteiger partial charge in [0.1, 0.15) is 18.1 Å². The number of carbonyl (C=O) groups is 1. The summed E-state index contributed by atoms with van der Waals surface area (Å²) in [7, 11) is 0. The van der Waals surface area contributed by atoms with Gasteiger partial charge in [0.25, 0.3) is 5.56 Å². The second-order valence-corrected chi connectivity index (χ2v) is 6.40. The highest BCUT2D eigenvalue weighted by molar-refractivity contribution is 5.76. The molecule has 2 N–H and O–H groups in total. The summed E-state index contributed by atoms with van der Waals surface area (Å²) in [6.07, 6.45) is 1.31. The van der Waals surface area contributed by atoms with E-state index >= 15 is 0 Å². The molecule has 0 saturated heterocycles. The summed E-state index contributed by atoms with van der Waals surface area (Å²) < 4.78 is 10.8. The number of rotatable bonds is 11. The normalized spacial score (nSPS) is 11.8. The van der Waals surface area contributed by atoms with E-state index in [1.165, 1.54) is 0 Å². The van der Waals surface area contributed by atoms with Gasteiger partial charge in [0.15, 0.2) is 5.82 Å². The van der Waals surface area contributed by atoms with Crippen molar-refractivity contribution in [3.8, 4) is 17.1 Å². The molecular weight excluding hydrogens is 360 g/mol. The summed E-state index contributed by atoms with van der Waals surface area (Å²) in [6.45, 7) is 7.54. The van der Waals surface area contributed by atoms with Crippen molar-refractivity contribution in [2.24, 2.45) is 0 Å². The van der Waals surface area contributed by atoms with Crippen molar-refractivity contribution in [3.63, 3.8) is 0 Å². The van der Waals surface area contributed by atoms with Crippen molar-refractivity contribution in [2.75, 3.05) is 19.8 Å². The van der Waals surface area contributed by atoms with Gasteiger partial charge in [-0.1, -0.05) is 6.92 Å². The molecule has 28 heavy (non-hydrogen) atoms. The van der Waals surface area contributed by atoms with Crippen LogP contribution in [-0.2, 0) is 16.0 Å². The fraction of sp³-hybridized carbons (Fsp3) is 0.500. The average molecular weight is 388 g/mol. The van der Waals surface area contributed by atoms with Gasteiger partial charge in [-0.15, -0.1) is 10.2 Å². The number of aromatic nitrogens is 3. The number of amides is 1. The van der Waals surface area contributed by atoms with Crippen molar-refractivity contribution in [3.05, 3.63) is 40.3 Å². The zero-order chi connectivity index (χ0) is 20.4. The van der Waals surface area contributed by atoms with E-state index in [0.29, 0.717) is 31.4 Å². The molecule has 0 aliphatic carbocycles. The van der Waals surface area contributed by atoms with E-state index in [0.717, 1.165) is 12.0 Å². The third-order valence-corrected chi connectivity index (χ3v) is 4.20. The molecule has 8 nitrogen and oxygen atoms in total. The van der Waals surface area contributed by atoms with E-state index in [1.54, 1.807) is 24.3 Å². The first kappa shape index (κ1) is 21.6. The van der Waals surface area contributed by atoms with Gasteiger partial charge in [0.2, 0.25) is 5.91 Å². The molecule has 1 aromatic carbocycles. The molecule has 0 bridgehead atoms. The molecule has 0 saturated carbocycles. The standard InChI is InChI=1S/C20H28N4O4/c1-4-14(3)21-18(25)11-10-17-20(26)22-19(24-23-17)15-6-8-16(9-7-15)28-13-12-27-5-2/h6-9,14H,4-5,10-13H2,1-3H3,(H,21,25)(H,22,24,26). The van der Waals surface area contributed by atoms with Gasteiger partial charge in [-0.3, -0.25) is 9.59 Å². The lowest BCUT2D eigenvalue weighted by molar-refractivity contribution is -0.121. The van der Waals surface area contributed by atoms with E-state index in [2.05, 4.69) is 20.5 Å². The fourth-order valence-corrected chi connectivity index (χ4v) is 2.41. The van der Waals surface area contributed by atoms with Crippen LogP contribution in [0.1, 0.15) is 39.3 Å². The summed E-state index contributed by atoms with van der Waals surface area (Å²) in [5.74, 6) is 0.987. The molecule has 0 aliphatic rings. The Labute approximate surface area is 164 Å². The number of H-pyrrole nitrogens is 1. The molecule has 0 spiro atoms. The monoisotopic (exact) mass is 388 g/mol. The Morgan fingerprint density at radius 2 is 1.93 bits per heavy atom. The largest absolute Gasteiger partial charge is 0.491 e. The predicted octanol–water partition coefficient (Wildman–Crippen LogP) is 2.09. The number of hydrogen-bond donors (Lipinski definition) is 2. The highest BCUT2D eigenvalue weighted by Gasteiger charge is 2.11. The van der Waals surface area contributed by atoms with Gasteiger partial charge < -0.3 is 19.8 Å². The van der Waals surface area contributed by atoms with Crippen molar-refractivity contribution >= 4 is 5.91 Å². The Morgan fingerprint density at radius 1 is 1.18 bits per heavy atom. The third-order valence-electron chi connectivity index (χ3n) is 4.20. The van der Waals surface area contributed by atoms with E-state index in [-0.39, 0.29) is 36.0 Å². The molecular formula is C20H28N4O4. The summed E-state index contributed by atoms with van der Waals surface area (Å²) in [5, 5.41) is 10.9. The third kappa shape index (κ3) is 6.77. The summed E-state index contributed by atoms with van der Waals surface area (Å²) in [6, 6.07) is 7.32. The van der Waals surface area contributed by atoms with Crippen LogP contribution in [0.5, 0.6) is 5.75 Å². The Morgan fingerprint density at radius 3 is 2.57 bits per heavy atom. The second-order valence-electron chi connectivity index (χ2n) is 6.40. The first-order valence-electron chi connectivity index (χ1n) is 9.59. The summed E-state index contributed by atoms with van der Waals surface area (Å²) in [4.78, 5) is 26.8. The number of aryl methyl sites for hydroxylation is 1. The van der Waals surface area contributed by atoms with Gasteiger partial charge in [-0.05, 0) is 44.5 Å². The van der Waals surface area contributed by atoms with Crippen LogP contribution in [-0.4, -0.2) is 47.0 Å². The second kappa shape index (κ2) is 11.2. The van der Waals surface area contributed by atoms with Crippen LogP contribution in [0.15, 0.2) is 29.1 Å². The minimum absolute atomic E-state index is 0.0976. The van der Waals surface area contributed by atoms with Crippen LogP contribution in [0, 0.1) is 0 Å². The number of carbonyl (C=O) groups excluding carboxylic acids is 1. The number of aromatic amines is 1. The molecule has 1 unspecified atom stereocenters. The maximum Gasteiger partial charge on any atom is 0.273 e. The number of nitrogens with zero attached hydrogens (tertiary/aromatic N) is 2. The molecule has 1 heterocycles. The van der Waals surface area contributed by atoms with Crippen molar-refractivity contribution < 1.29 is 14.3 Å². The van der Waals surface area contributed by atoms with Crippen LogP contribution in [0.3, 0.4) is 0 Å². The number of benzene rings is 1. The number of ether oxygens (including phenoxy) is 2. The van der Waals surface area contributed by atoms with E-state index in [9.17, 15) is 9.59 Å². The quantitative estimate of drug-likeness (QED) is 0.571. The van der Waals surface area contributed by atoms with Crippen molar-refractivity contribution in [1.82, 2.24) is 20.5 Å². The van der Waals surface area contributed by atoms with Crippen LogP contribution >= 0.6 is 0 Å². The SMILES string of the molecule is CCOCCOc1ccc(-c2nnc(CCC(=O)NC(C)CC)c(=O)[nH]2)cc1. The molecule has 2 aromatic rings. The van der Waals surface area contributed by atoms with Gasteiger partial charge in [-0.25, -0.2) is 0 Å². The molecule has 0 fully saturated rings. The average Bonchev–Trinajstić information content (AvgIpc) is 2.70. The molecule has 1 atom stereocenters. The zero-order valence-electron chi connectivity index (χ0n) is 16.7.